The lowest BCUT2D eigenvalue weighted by Crippen LogP contribution is -2.41. The van der Waals surface area contributed by atoms with Gasteiger partial charge in [-0.3, -0.25) is 4.79 Å². The van der Waals surface area contributed by atoms with Crippen molar-refractivity contribution >= 4 is 15.9 Å². The molecule has 1 saturated heterocycles. The molecule has 0 aromatic carbocycles. The van der Waals surface area contributed by atoms with Crippen LogP contribution in [0.25, 0.3) is 0 Å². The number of carbonyl (C=O) groups is 1. The second-order valence-electron chi connectivity index (χ2n) is 5.18. The van der Waals surface area contributed by atoms with Crippen LogP contribution in [0, 0.1) is 0 Å². The molecule has 130 valence electrons. The normalized spacial score (nSPS) is 19.0. The molecule has 0 saturated carbocycles. The van der Waals surface area contributed by atoms with Gasteiger partial charge in [0.1, 0.15) is 0 Å². The Bertz CT molecular complexity index is 410. The van der Waals surface area contributed by atoms with Crippen molar-refractivity contribution in [3.05, 3.63) is 0 Å². The monoisotopic (exact) mass is 337 g/mol. The molecule has 0 bridgehead atoms. The summed E-state index contributed by atoms with van der Waals surface area (Å²) >= 11 is 0. The molecule has 8 nitrogen and oxygen atoms in total. The molecule has 1 atom stereocenters. The summed E-state index contributed by atoms with van der Waals surface area (Å²) in [5.41, 5.74) is 0. The van der Waals surface area contributed by atoms with Crippen LogP contribution in [-0.2, 0) is 24.3 Å². The molecule has 0 spiro atoms. The van der Waals surface area contributed by atoms with Gasteiger partial charge in [-0.25, -0.2) is 13.1 Å². The van der Waals surface area contributed by atoms with E-state index in [1.165, 1.54) is 0 Å². The first-order chi connectivity index (χ1) is 10.5. The van der Waals surface area contributed by atoms with Gasteiger partial charge in [0, 0.05) is 33.4 Å². The zero-order valence-electron chi connectivity index (χ0n) is 13.1. The van der Waals surface area contributed by atoms with Gasteiger partial charge in [0.2, 0.25) is 15.9 Å². The fourth-order valence-corrected chi connectivity index (χ4v) is 2.98. The van der Waals surface area contributed by atoms with E-state index < -0.39 is 10.0 Å². The number of methoxy groups -OCH3 is 1. The molecular weight excluding hydrogens is 310 g/mol. The Morgan fingerprint density at radius 3 is 2.82 bits per heavy atom. The molecule has 3 N–H and O–H groups in total. The average Bonchev–Trinajstić information content (AvgIpc) is 2.51. The number of hydrogen-bond acceptors (Lipinski definition) is 6. The molecule has 9 heteroatoms. The first-order valence-electron chi connectivity index (χ1n) is 7.59. The maximum atomic E-state index is 11.8. The summed E-state index contributed by atoms with van der Waals surface area (Å²) in [6, 6.07) is 0. The molecule has 1 fully saturated rings. The van der Waals surface area contributed by atoms with Gasteiger partial charge in [-0.05, 0) is 19.3 Å². The Morgan fingerprint density at radius 1 is 1.32 bits per heavy atom. The highest BCUT2D eigenvalue weighted by molar-refractivity contribution is 7.89. The Labute approximate surface area is 132 Å². The summed E-state index contributed by atoms with van der Waals surface area (Å²) in [5, 5.41) is 5.44. The van der Waals surface area contributed by atoms with Crippen LogP contribution in [0.3, 0.4) is 0 Å². The minimum atomic E-state index is -3.39. The van der Waals surface area contributed by atoms with Gasteiger partial charge in [0.15, 0.2) is 0 Å². The van der Waals surface area contributed by atoms with E-state index in [2.05, 4.69) is 15.4 Å². The van der Waals surface area contributed by atoms with Gasteiger partial charge < -0.3 is 20.1 Å². The first-order valence-corrected chi connectivity index (χ1v) is 9.24. The lowest BCUT2D eigenvalue weighted by molar-refractivity contribution is -0.120. The fourth-order valence-electron chi connectivity index (χ4n) is 2.02. The third-order valence-electron chi connectivity index (χ3n) is 3.27. The quantitative estimate of drug-likeness (QED) is 0.410. The maximum absolute atomic E-state index is 11.8. The SMILES string of the molecule is COCCNCC(=O)NCCS(=O)(=O)NCC1CCCCO1. The second-order valence-corrected chi connectivity index (χ2v) is 7.10. The summed E-state index contributed by atoms with van der Waals surface area (Å²) in [6.07, 6.45) is 2.95. The van der Waals surface area contributed by atoms with E-state index in [-0.39, 0.29) is 30.9 Å². The van der Waals surface area contributed by atoms with Crippen molar-refractivity contribution in [3.8, 4) is 0 Å². The number of amides is 1. The van der Waals surface area contributed by atoms with Crippen LogP contribution in [0.2, 0.25) is 0 Å². The van der Waals surface area contributed by atoms with Crippen LogP contribution in [0.15, 0.2) is 0 Å². The van der Waals surface area contributed by atoms with Crippen molar-refractivity contribution in [3.63, 3.8) is 0 Å². The van der Waals surface area contributed by atoms with E-state index in [1.807, 2.05) is 0 Å². The largest absolute Gasteiger partial charge is 0.383 e. The predicted molar refractivity (Wildman–Crippen MR) is 83.1 cm³/mol. The molecule has 22 heavy (non-hydrogen) atoms. The molecule has 0 aromatic rings. The number of hydrogen-bond donors (Lipinski definition) is 3. The second kappa shape index (κ2) is 10.9. The van der Waals surface area contributed by atoms with Gasteiger partial charge in [-0.2, -0.15) is 0 Å². The van der Waals surface area contributed by atoms with Crippen LogP contribution in [0.5, 0.6) is 0 Å². The minimum Gasteiger partial charge on any atom is -0.383 e. The molecule has 0 aromatic heterocycles. The molecule has 1 aliphatic rings. The number of ether oxygens (including phenoxy) is 2. The third-order valence-corrected chi connectivity index (χ3v) is 4.61. The molecule has 1 heterocycles. The van der Waals surface area contributed by atoms with Gasteiger partial charge >= 0.3 is 0 Å². The van der Waals surface area contributed by atoms with Crippen molar-refractivity contribution in [2.75, 3.05) is 52.3 Å². The van der Waals surface area contributed by atoms with Crippen LogP contribution in [0.1, 0.15) is 19.3 Å². The van der Waals surface area contributed by atoms with E-state index in [4.69, 9.17) is 9.47 Å². The summed E-state index contributed by atoms with van der Waals surface area (Å²) in [4.78, 5) is 11.4. The summed E-state index contributed by atoms with van der Waals surface area (Å²) in [5.74, 6) is -0.370. The highest BCUT2D eigenvalue weighted by atomic mass is 32.2. The third kappa shape index (κ3) is 9.31. The lowest BCUT2D eigenvalue weighted by Gasteiger charge is -2.22. The Morgan fingerprint density at radius 2 is 2.14 bits per heavy atom. The average molecular weight is 337 g/mol. The topological polar surface area (TPSA) is 106 Å². The van der Waals surface area contributed by atoms with E-state index in [9.17, 15) is 13.2 Å². The highest BCUT2D eigenvalue weighted by Crippen LogP contribution is 2.11. The standard InChI is InChI=1S/C13H27N3O5S/c1-20-8-5-14-11-13(17)15-6-9-22(18,19)16-10-12-4-2-3-7-21-12/h12,14,16H,2-11H2,1H3,(H,15,17). The fraction of sp³-hybridized carbons (Fsp3) is 0.923. The van der Waals surface area contributed by atoms with E-state index >= 15 is 0 Å². The van der Waals surface area contributed by atoms with Crippen molar-refractivity contribution < 1.29 is 22.7 Å². The summed E-state index contributed by atoms with van der Waals surface area (Å²) < 4.78 is 36.4. The molecule has 1 rings (SSSR count). The predicted octanol–water partition coefficient (Wildman–Crippen LogP) is -1.17. The van der Waals surface area contributed by atoms with Crippen LogP contribution in [0.4, 0.5) is 0 Å². The van der Waals surface area contributed by atoms with Gasteiger partial charge in [0.25, 0.3) is 0 Å². The number of rotatable bonds is 11. The van der Waals surface area contributed by atoms with Crippen molar-refractivity contribution in [2.45, 2.75) is 25.4 Å². The highest BCUT2D eigenvalue weighted by Gasteiger charge is 2.17. The van der Waals surface area contributed by atoms with Gasteiger partial charge in [0.05, 0.1) is 25.0 Å². The maximum Gasteiger partial charge on any atom is 0.233 e. The van der Waals surface area contributed by atoms with Crippen molar-refractivity contribution in [1.29, 1.82) is 0 Å². The van der Waals surface area contributed by atoms with Crippen LogP contribution < -0.4 is 15.4 Å². The molecule has 0 radical (unpaired) electrons. The molecule has 1 aliphatic heterocycles. The summed E-state index contributed by atoms with van der Waals surface area (Å²) in [7, 11) is -1.81. The van der Waals surface area contributed by atoms with Crippen molar-refractivity contribution in [2.24, 2.45) is 0 Å². The van der Waals surface area contributed by atoms with Crippen LogP contribution >= 0.6 is 0 Å². The minimum absolute atomic E-state index is 0.0388. The Kier molecular flexibility index (Phi) is 9.56. The number of carbonyl (C=O) groups excluding carboxylic acids is 1. The Balaban J connectivity index is 2.09. The van der Waals surface area contributed by atoms with E-state index in [0.717, 1.165) is 19.3 Å². The van der Waals surface area contributed by atoms with E-state index in [1.54, 1.807) is 7.11 Å². The zero-order valence-corrected chi connectivity index (χ0v) is 13.9. The first kappa shape index (κ1) is 19.3. The lowest BCUT2D eigenvalue weighted by atomic mass is 10.1. The van der Waals surface area contributed by atoms with Gasteiger partial charge in [-0.1, -0.05) is 0 Å². The van der Waals surface area contributed by atoms with Crippen LogP contribution in [-0.4, -0.2) is 72.7 Å². The zero-order chi connectivity index (χ0) is 16.3. The van der Waals surface area contributed by atoms with E-state index in [0.29, 0.717) is 26.3 Å². The number of sulfonamides is 1. The Hall–Kier alpha value is -0.740. The molecular formula is C13H27N3O5S. The van der Waals surface area contributed by atoms with Gasteiger partial charge in [-0.15, -0.1) is 0 Å². The summed E-state index contributed by atoms with van der Waals surface area (Å²) in [6.45, 7) is 2.33. The smallest absolute Gasteiger partial charge is 0.233 e. The molecule has 1 amide bonds. The molecule has 0 aliphatic carbocycles. The van der Waals surface area contributed by atoms with Crippen molar-refractivity contribution in [1.82, 2.24) is 15.4 Å². The molecule has 1 unspecified atom stereocenters. The number of nitrogens with one attached hydrogen (secondary N) is 3.